The molecule has 160 valence electrons. The van der Waals surface area contributed by atoms with Gasteiger partial charge in [-0.1, -0.05) is 24.3 Å². The summed E-state index contributed by atoms with van der Waals surface area (Å²) >= 11 is 0. The molecule has 0 aromatic heterocycles. The first-order valence-electron chi connectivity index (χ1n) is 9.91. The molecule has 2 atom stereocenters. The first-order valence-corrected chi connectivity index (χ1v) is 9.91. The van der Waals surface area contributed by atoms with Crippen molar-refractivity contribution in [3.05, 3.63) is 74.6 Å². The number of carbonyl (C=O) groups excluding carboxylic acids is 1. The number of hydrogen-bond acceptors (Lipinski definition) is 5. The molecule has 8 heteroatoms. The van der Waals surface area contributed by atoms with Crippen molar-refractivity contribution in [2.75, 3.05) is 13.1 Å². The van der Waals surface area contributed by atoms with Gasteiger partial charge in [-0.3, -0.25) is 19.8 Å². The van der Waals surface area contributed by atoms with E-state index in [1.54, 1.807) is 0 Å². The fraction of sp³-hybridized carbons (Fsp3) is 0.409. The Hall–Kier alpha value is -2.84. The van der Waals surface area contributed by atoms with Gasteiger partial charge in [-0.2, -0.15) is 0 Å². The third kappa shape index (κ3) is 5.40. The molecule has 1 fully saturated rings. The number of halogens is 1. The largest absolute Gasteiger partial charge is 0.373 e. The molecular weight excluding hydrogens is 389 g/mol. The van der Waals surface area contributed by atoms with Gasteiger partial charge >= 0.3 is 0 Å². The van der Waals surface area contributed by atoms with Crippen molar-refractivity contribution < 1.29 is 18.8 Å². The molecule has 0 spiro atoms. The first kappa shape index (κ1) is 21.9. The van der Waals surface area contributed by atoms with Gasteiger partial charge in [-0.05, 0) is 38.0 Å². The summed E-state index contributed by atoms with van der Waals surface area (Å²) in [5.41, 5.74) is 1.49. The first-order chi connectivity index (χ1) is 14.2. The molecule has 7 nitrogen and oxygen atoms in total. The van der Waals surface area contributed by atoms with Crippen LogP contribution in [0.4, 0.5) is 10.1 Å². The minimum Gasteiger partial charge on any atom is -0.373 e. The summed E-state index contributed by atoms with van der Waals surface area (Å²) in [6, 6.07) is 10.0. The van der Waals surface area contributed by atoms with Crippen molar-refractivity contribution in [3.8, 4) is 0 Å². The quantitative estimate of drug-likeness (QED) is 0.576. The van der Waals surface area contributed by atoms with E-state index in [1.807, 2.05) is 24.3 Å². The molecule has 2 aromatic carbocycles. The lowest BCUT2D eigenvalue weighted by Gasteiger charge is -2.35. The normalized spacial score (nSPS) is 19.5. The average molecular weight is 415 g/mol. The maximum Gasteiger partial charge on any atom is 0.276 e. The third-order valence-corrected chi connectivity index (χ3v) is 5.15. The molecule has 0 bridgehead atoms. The molecule has 2 aromatic rings. The second-order valence-electron chi connectivity index (χ2n) is 7.81. The van der Waals surface area contributed by atoms with Crippen LogP contribution in [0.3, 0.4) is 0 Å². The van der Waals surface area contributed by atoms with Gasteiger partial charge in [-0.25, -0.2) is 4.39 Å². The van der Waals surface area contributed by atoms with Gasteiger partial charge in [-0.15, -0.1) is 0 Å². The van der Waals surface area contributed by atoms with E-state index in [-0.39, 0.29) is 29.9 Å². The van der Waals surface area contributed by atoms with Crippen molar-refractivity contribution in [1.29, 1.82) is 0 Å². The summed E-state index contributed by atoms with van der Waals surface area (Å²) in [4.78, 5) is 25.0. The molecule has 0 saturated carbocycles. The Labute approximate surface area is 175 Å². The van der Waals surface area contributed by atoms with Crippen molar-refractivity contribution >= 4 is 11.6 Å². The molecule has 1 aliphatic heterocycles. The summed E-state index contributed by atoms with van der Waals surface area (Å²) in [5, 5.41) is 13.7. The summed E-state index contributed by atoms with van der Waals surface area (Å²) in [7, 11) is 0. The van der Waals surface area contributed by atoms with Gasteiger partial charge in [0.15, 0.2) is 0 Å². The number of nitrogens with zero attached hydrogens (tertiary/aromatic N) is 2. The van der Waals surface area contributed by atoms with Crippen LogP contribution in [0.25, 0.3) is 0 Å². The lowest BCUT2D eigenvalue weighted by molar-refractivity contribution is -0.385. The highest BCUT2D eigenvalue weighted by Gasteiger charge is 2.22. The second kappa shape index (κ2) is 9.32. The summed E-state index contributed by atoms with van der Waals surface area (Å²) in [6.07, 6.45) is 0.427. The fourth-order valence-corrected chi connectivity index (χ4v) is 3.70. The lowest BCUT2D eigenvalue weighted by atomic mass is 10.1. The van der Waals surface area contributed by atoms with E-state index < -0.39 is 22.3 Å². The number of carbonyl (C=O) groups is 1. The highest BCUT2D eigenvalue weighted by molar-refractivity contribution is 5.95. The zero-order valence-corrected chi connectivity index (χ0v) is 17.4. The number of hydrogen-bond donors (Lipinski definition) is 1. The van der Waals surface area contributed by atoms with Gasteiger partial charge in [0.1, 0.15) is 5.82 Å². The van der Waals surface area contributed by atoms with E-state index >= 15 is 0 Å². The van der Waals surface area contributed by atoms with E-state index in [1.165, 1.54) is 12.5 Å². The number of rotatable bonds is 6. The van der Waals surface area contributed by atoms with E-state index in [2.05, 4.69) is 24.1 Å². The molecule has 1 saturated heterocycles. The number of benzene rings is 2. The van der Waals surface area contributed by atoms with Gasteiger partial charge in [0.2, 0.25) is 0 Å². The molecule has 0 radical (unpaired) electrons. The van der Waals surface area contributed by atoms with Crippen LogP contribution in [0.5, 0.6) is 0 Å². The van der Waals surface area contributed by atoms with Crippen LogP contribution in [0, 0.1) is 22.9 Å². The topological polar surface area (TPSA) is 84.7 Å². The second-order valence-corrected chi connectivity index (χ2v) is 7.81. The highest BCUT2D eigenvalue weighted by atomic mass is 19.1. The van der Waals surface area contributed by atoms with E-state index in [4.69, 9.17) is 4.74 Å². The van der Waals surface area contributed by atoms with E-state index in [9.17, 15) is 19.3 Å². The predicted octanol–water partition coefficient (Wildman–Crippen LogP) is 3.58. The van der Waals surface area contributed by atoms with Crippen LogP contribution < -0.4 is 5.32 Å². The molecule has 1 amide bonds. The third-order valence-electron chi connectivity index (χ3n) is 5.15. The van der Waals surface area contributed by atoms with Crippen molar-refractivity contribution in [1.82, 2.24) is 10.2 Å². The Morgan fingerprint density at radius 2 is 1.80 bits per heavy atom. The average Bonchev–Trinajstić information content (AvgIpc) is 2.68. The van der Waals surface area contributed by atoms with Crippen LogP contribution in [-0.2, 0) is 17.8 Å². The van der Waals surface area contributed by atoms with Gasteiger partial charge in [0.25, 0.3) is 11.6 Å². The number of nitrogens with one attached hydrogen (secondary N) is 1. The molecular formula is C22H26FN3O4. The minimum absolute atomic E-state index is 0.0722. The molecule has 3 rings (SSSR count). The van der Waals surface area contributed by atoms with Crippen LogP contribution in [0.2, 0.25) is 0 Å². The summed E-state index contributed by atoms with van der Waals surface area (Å²) in [6.45, 7) is 8.31. The highest BCUT2D eigenvalue weighted by Crippen LogP contribution is 2.23. The minimum atomic E-state index is -0.773. The molecule has 30 heavy (non-hydrogen) atoms. The zero-order chi connectivity index (χ0) is 21.8. The van der Waals surface area contributed by atoms with E-state index in [0.29, 0.717) is 0 Å². The number of nitro benzene ring substituents is 1. The van der Waals surface area contributed by atoms with Crippen molar-refractivity contribution in [2.45, 2.75) is 46.1 Å². The van der Waals surface area contributed by atoms with Gasteiger partial charge in [0.05, 0.1) is 22.7 Å². The number of morpholine rings is 1. The van der Waals surface area contributed by atoms with Crippen LogP contribution >= 0.6 is 0 Å². The van der Waals surface area contributed by atoms with Crippen LogP contribution in [-0.4, -0.2) is 41.0 Å². The van der Waals surface area contributed by atoms with Crippen LogP contribution in [0.1, 0.15) is 40.9 Å². The van der Waals surface area contributed by atoms with Gasteiger partial charge < -0.3 is 10.1 Å². The Morgan fingerprint density at radius 3 is 2.40 bits per heavy atom. The SMILES string of the molecule is Cc1c(F)cc(C(=O)NCc2ccc(CN3CC(C)OC(C)C3)cc2)cc1[N+](=O)[O-]. The monoisotopic (exact) mass is 415 g/mol. The number of ether oxygens (including phenoxy) is 1. The smallest absolute Gasteiger partial charge is 0.276 e. The molecule has 1 heterocycles. The molecule has 1 N–H and O–H groups in total. The standard InChI is InChI=1S/C22H26FN3O4/c1-14-11-25(12-15(2)30-14)13-18-6-4-17(5-7-18)10-24-22(27)19-8-20(23)16(3)21(9-19)26(28)29/h4-9,14-15H,10-13H2,1-3H3,(H,24,27). The number of amides is 1. The van der Waals surface area contributed by atoms with E-state index in [0.717, 1.165) is 37.3 Å². The van der Waals surface area contributed by atoms with Crippen LogP contribution in [0.15, 0.2) is 36.4 Å². The predicted molar refractivity (Wildman–Crippen MR) is 111 cm³/mol. The fourth-order valence-electron chi connectivity index (χ4n) is 3.70. The maximum absolute atomic E-state index is 13.9. The summed E-state index contributed by atoms with van der Waals surface area (Å²) in [5.74, 6) is -1.33. The summed E-state index contributed by atoms with van der Waals surface area (Å²) < 4.78 is 19.7. The Balaban J connectivity index is 1.59. The number of nitro groups is 1. The van der Waals surface area contributed by atoms with Crippen molar-refractivity contribution in [2.24, 2.45) is 0 Å². The van der Waals surface area contributed by atoms with Crippen molar-refractivity contribution in [3.63, 3.8) is 0 Å². The zero-order valence-electron chi connectivity index (χ0n) is 17.4. The molecule has 1 aliphatic rings. The Morgan fingerprint density at radius 1 is 1.20 bits per heavy atom. The lowest BCUT2D eigenvalue weighted by Crippen LogP contribution is -2.44. The Kier molecular flexibility index (Phi) is 6.79. The molecule has 0 aliphatic carbocycles. The van der Waals surface area contributed by atoms with Gasteiger partial charge in [0, 0.05) is 37.8 Å². The maximum atomic E-state index is 13.9. The molecule has 2 unspecified atom stereocenters. The Bertz CT molecular complexity index is 923.